The van der Waals surface area contributed by atoms with E-state index in [1.807, 2.05) is 20.8 Å². The summed E-state index contributed by atoms with van der Waals surface area (Å²) >= 11 is 0. The summed E-state index contributed by atoms with van der Waals surface area (Å²) in [6.07, 6.45) is 2.40. The van der Waals surface area contributed by atoms with Crippen molar-refractivity contribution in [3.63, 3.8) is 0 Å². The van der Waals surface area contributed by atoms with E-state index in [2.05, 4.69) is 39.0 Å². The number of rotatable bonds is 7. The molecule has 0 bridgehead atoms. The lowest BCUT2D eigenvalue weighted by Gasteiger charge is -2.30. The topological polar surface area (TPSA) is 76.1 Å². The quantitative estimate of drug-likeness (QED) is 0.624. The number of likely N-dealkylation sites (tertiary alicyclic amines) is 1. The number of hydrogen-bond donors (Lipinski definition) is 1. The van der Waals surface area contributed by atoms with Gasteiger partial charge in [-0.3, -0.25) is 4.79 Å². The van der Waals surface area contributed by atoms with Gasteiger partial charge < -0.3 is 19.5 Å². The Labute approximate surface area is 185 Å². The van der Waals surface area contributed by atoms with Gasteiger partial charge in [0.15, 0.2) is 0 Å². The summed E-state index contributed by atoms with van der Waals surface area (Å²) < 4.78 is 11.9. The number of benzene rings is 1. The summed E-state index contributed by atoms with van der Waals surface area (Å²) in [5.41, 5.74) is 1.67. The highest BCUT2D eigenvalue weighted by atomic mass is 16.6. The van der Waals surface area contributed by atoms with E-state index in [1.54, 1.807) is 0 Å². The van der Waals surface area contributed by atoms with E-state index in [0.717, 1.165) is 11.3 Å². The van der Waals surface area contributed by atoms with Gasteiger partial charge in [0.2, 0.25) is 0 Å². The summed E-state index contributed by atoms with van der Waals surface area (Å²) in [6, 6.07) is 5.73. The third-order valence-electron chi connectivity index (χ3n) is 6.41. The molecule has 6 heteroatoms. The summed E-state index contributed by atoms with van der Waals surface area (Å²) in [7, 11) is 0. The zero-order chi connectivity index (χ0) is 22.9. The lowest BCUT2D eigenvalue weighted by Crippen LogP contribution is -2.45. The lowest BCUT2D eigenvalue weighted by molar-refractivity contribution is -0.142. The standard InChI is InChI=1S/C25H37NO5/c1-15(2)18-8-7-9-19(16(3)17-10-11-17)22(18)30-14-21-20(23(27)28)12-13-26(21)24(29)31-25(4,5)6/h7-9,15-17,20-21H,10-14H2,1-6H3,(H,27,28)/t16-,20?,21?/m1/s1. The van der Waals surface area contributed by atoms with Crippen LogP contribution in [-0.4, -0.2) is 46.9 Å². The van der Waals surface area contributed by atoms with Gasteiger partial charge in [0, 0.05) is 6.54 Å². The van der Waals surface area contributed by atoms with Crippen LogP contribution in [0.2, 0.25) is 0 Å². The largest absolute Gasteiger partial charge is 0.491 e. The summed E-state index contributed by atoms with van der Waals surface area (Å²) in [5.74, 6) is 0.654. The number of carboxylic acids is 1. The van der Waals surface area contributed by atoms with E-state index in [4.69, 9.17) is 9.47 Å². The average Bonchev–Trinajstić information content (AvgIpc) is 3.42. The monoisotopic (exact) mass is 431 g/mol. The van der Waals surface area contributed by atoms with E-state index in [9.17, 15) is 14.7 Å². The van der Waals surface area contributed by atoms with Crippen molar-refractivity contribution in [1.82, 2.24) is 4.90 Å². The van der Waals surface area contributed by atoms with E-state index in [1.165, 1.54) is 23.3 Å². The fourth-order valence-electron chi connectivity index (χ4n) is 4.47. The third-order valence-corrected chi connectivity index (χ3v) is 6.41. The van der Waals surface area contributed by atoms with Crippen LogP contribution in [0.25, 0.3) is 0 Å². The second-order valence-electron chi connectivity index (χ2n) is 10.3. The minimum Gasteiger partial charge on any atom is -0.491 e. The molecule has 1 N–H and O–H groups in total. The van der Waals surface area contributed by atoms with Crippen LogP contribution in [0.3, 0.4) is 0 Å². The highest BCUT2D eigenvalue weighted by molar-refractivity contribution is 5.75. The lowest BCUT2D eigenvalue weighted by atomic mass is 9.90. The van der Waals surface area contributed by atoms with Crippen molar-refractivity contribution in [1.29, 1.82) is 0 Å². The number of ether oxygens (including phenoxy) is 2. The molecule has 1 saturated heterocycles. The summed E-state index contributed by atoms with van der Waals surface area (Å²) in [6.45, 7) is 12.4. The Hall–Kier alpha value is -2.24. The van der Waals surface area contributed by atoms with Crippen LogP contribution in [-0.2, 0) is 9.53 Å². The number of carbonyl (C=O) groups is 2. The predicted molar refractivity (Wildman–Crippen MR) is 120 cm³/mol. The fraction of sp³-hybridized carbons (Fsp3) is 0.680. The van der Waals surface area contributed by atoms with Crippen LogP contribution < -0.4 is 4.74 Å². The molecule has 172 valence electrons. The zero-order valence-corrected chi connectivity index (χ0v) is 19.7. The summed E-state index contributed by atoms with van der Waals surface area (Å²) in [4.78, 5) is 26.2. The number of carboxylic acid groups (broad SMARTS) is 1. The highest BCUT2D eigenvalue weighted by Crippen LogP contribution is 2.46. The first-order valence-corrected chi connectivity index (χ1v) is 11.5. The number of para-hydroxylation sites is 1. The van der Waals surface area contributed by atoms with E-state index < -0.39 is 29.6 Å². The highest BCUT2D eigenvalue weighted by Gasteiger charge is 2.43. The van der Waals surface area contributed by atoms with Crippen LogP contribution in [0.5, 0.6) is 5.75 Å². The van der Waals surface area contributed by atoms with Crippen LogP contribution in [0.4, 0.5) is 4.79 Å². The molecule has 1 aliphatic carbocycles. The Morgan fingerprint density at radius 1 is 1.13 bits per heavy atom. The first kappa shape index (κ1) is 23.4. The predicted octanol–water partition coefficient (Wildman–Crippen LogP) is 5.41. The molecule has 1 heterocycles. The van der Waals surface area contributed by atoms with E-state index >= 15 is 0 Å². The molecule has 2 aliphatic rings. The Morgan fingerprint density at radius 3 is 2.32 bits per heavy atom. The Morgan fingerprint density at radius 2 is 1.77 bits per heavy atom. The normalized spacial score (nSPS) is 22.5. The molecule has 3 rings (SSSR count). The fourth-order valence-corrected chi connectivity index (χ4v) is 4.47. The van der Waals surface area contributed by atoms with Crippen molar-refractivity contribution in [3.05, 3.63) is 29.3 Å². The number of carbonyl (C=O) groups excluding carboxylic acids is 1. The third kappa shape index (κ3) is 5.52. The minimum absolute atomic E-state index is 0.143. The number of aliphatic carboxylic acids is 1. The van der Waals surface area contributed by atoms with E-state index in [-0.39, 0.29) is 12.5 Å². The van der Waals surface area contributed by atoms with Crippen molar-refractivity contribution in [2.75, 3.05) is 13.2 Å². The van der Waals surface area contributed by atoms with Gasteiger partial charge in [-0.25, -0.2) is 4.79 Å². The molecule has 0 spiro atoms. The molecule has 0 radical (unpaired) electrons. The van der Waals surface area contributed by atoms with E-state index in [0.29, 0.717) is 24.8 Å². The van der Waals surface area contributed by atoms with Crippen LogP contribution in [0.1, 0.15) is 83.8 Å². The number of amides is 1. The van der Waals surface area contributed by atoms with Crippen LogP contribution in [0.15, 0.2) is 18.2 Å². The van der Waals surface area contributed by atoms with Crippen LogP contribution in [0, 0.1) is 11.8 Å². The van der Waals surface area contributed by atoms with Gasteiger partial charge in [0.1, 0.15) is 18.0 Å². The zero-order valence-electron chi connectivity index (χ0n) is 19.7. The molecule has 1 aromatic rings. The Balaban J connectivity index is 1.85. The Bertz CT molecular complexity index is 809. The molecule has 0 aromatic heterocycles. The number of hydrogen-bond acceptors (Lipinski definition) is 4. The summed E-state index contributed by atoms with van der Waals surface area (Å²) in [5, 5.41) is 9.75. The van der Waals surface area contributed by atoms with Gasteiger partial charge in [-0.15, -0.1) is 0 Å². The first-order chi connectivity index (χ1) is 14.5. The maximum Gasteiger partial charge on any atom is 0.410 e. The van der Waals surface area contributed by atoms with Gasteiger partial charge >= 0.3 is 12.1 Å². The van der Waals surface area contributed by atoms with Crippen molar-refractivity contribution < 1.29 is 24.2 Å². The minimum atomic E-state index is -0.900. The smallest absolute Gasteiger partial charge is 0.410 e. The molecule has 1 saturated carbocycles. The maximum atomic E-state index is 12.8. The second-order valence-corrected chi connectivity index (χ2v) is 10.3. The molecule has 1 aliphatic heterocycles. The first-order valence-electron chi connectivity index (χ1n) is 11.5. The molecule has 31 heavy (non-hydrogen) atoms. The second kappa shape index (κ2) is 9.09. The molecule has 3 atom stereocenters. The maximum absolute atomic E-state index is 12.8. The van der Waals surface area contributed by atoms with Gasteiger partial charge in [0.25, 0.3) is 0 Å². The van der Waals surface area contributed by atoms with Crippen molar-refractivity contribution in [2.24, 2.45) is 11.8 Å². The van der Waals surface area contributed by atoms with Crippen molar-refractivity contribution in [2.45, 2.75) is 84.3 Å². The van der Waals surface area contributed by atoms with Gasteiger partial charge in [-0.1, -0.05) is 39.0 Å². The molecular weight excluding hydrogens is 394 g/mol. The Kier molecular flexibility index (Phi) is 6.87. The molecule has 1 aromatic carbocycles. The molecule has 6 nitrogen and oxygen atoms in total. The number of nitrogens with zero attached hydrogens (tertiary/aromatic N) is 1. The van der Waals surface area contributed by atoms with Crippen molar-refractivity contribution >= 4 is 12.1 Å². The SMILES string of the molecule is CC(C)c1cccc([C@H](C)C2CC2)c1OCC1C(C(=O)O)CCN1C(=O)OC(C)(C)C. The molecule has 1 amide bonds. The van der Waals surface area contributed by atoms with Gasteiger partial charge in [-0.2, -0.15) is 0 Å². The average molecular weight is 432 g/mol. The van der Waals surface area contributed by atoms with Gasteiger partial charge in [-0.05, 0) is 68.9 Å². The van der Waals surface area contributed by atoms with Crippen molar-refractivity contribution in [3.8, 4) is 5.75 Å². The molecule has 2 fully saturated rings. The van der Waals surface area contributed by atoms with Crippen LogP contribution >= 0.6 is 0 Å². The molecular formula is C25H37NO5. The van der Waals surface area contributed by atoms with Gasteiger partial charge in [0.05, 0.1) is 12.0 Å². The molecule has 2 unspecified atom stereocenters.